The molecule has 0 aromatic carbocycles. The average molecular weight is 259 g/mol. The van der Waals surface area contributed by atoms with Crippen LogP contribution in [0.4, 0.5) is 0 Å². The van der Waals surface area contributed by atoms with Crippen molar-refractivity contribution < 1.29 is 19.1 Å². The molecule has 18 heavy (non-hydrogen) atoms. The highest BCUT2D eigenvalue weighted by Gasteiger charge is 2.36. The molecule has 0 unspecified atom stereocenters. The van der Waals surface area contributed by atoms with Crippen molar-refractivity contribution in [2.24, 2.45) is 23.5 Å². The fourth-order valence-electron chi connectivity index (χ4n) is 1.92. The maximum Gasteiger partial charge on any atom is 0.320 e. The second-order valence-corrected chi connectivity index (χ2v) is 4.61. The van der Waals surface area contributed by atoms with E-state index in [9.17, 15) is 9.59 Å². The molecule has 2 N–H and O–H groups in total. The lowest BCUT2D eigenvalue weighted by atomic mass is 9.85. The van der Waals surface area contributed by atoms with Gasteiger partial charge >= 0.3 is 11.9 Å². The van der Waals surface area contributed by atoms with Crippen LogP contribution in [0.25, 0.3) is 0 Å². The number of rotatable bonds is 8. The zero-order chi connectivity index (χ0) is 14.1. The number of hydrogen-bond acceptors (Lipinski definition) is 5. The van der Waals surface area contributed by atoms with E-state index in [4.69, 9.17) is 15.2 Å². The van der Waals surface area contributed by atoms with Crippen molar-refractivity contribution in [3.63, 3.8) is 0 Å². The van der Waals surface area contributed by atoms with Crippen LogP contribution in [-0.4, -0.2) is 31.7 Å². The summed E-state index contributed by atoms with van der Waals surface area (Å²) in [6.45, 7) is 8.22. The van der Waals surface area contributed by atoms with E-state index in [2.05, 4.69) is 0 Å². The van der Waals surface area contributed by atoms with Gasteiger partial charge in [-0.05, 0) is 38.6 Å². The molecule has 5 nitrogen and oxygen atoms in total. The SMILES string of the molecule is CCOC(=O)C(C(=O)OCC)[C@H](CN)CC(C)C. The third kappa shape index (κ3) is 5.49. The van der Waals surface area contributed by atoms with E-state index in [-0.39, 0.29) is 25.7 Å². The monoisotopic (exact) mass is 259 g/mol. The van der Waals surface area contributed by atoms with Crippen LogP contribution in [-0.2, 0) is 19.1 Å². The van der Waals surface area contributed by atoms with Gasteiger partial charge in [-0.1, -0.05) is 13.8 Å². The molecule has 0 radical (unpaired) electrons. The predicted molar refractivity (Wildman–Crippen MR) is 68.8 cm³/mol. The van der Waals surface area contributed by atoms with Gasteiger partial charge in [-0.15, -0.1) is 0 Å². The Bertz CT molecular complexity index is 248. The smallest absolute Gasteiger partial charge is 0.320 e. The second kappa shape index (κ2) is 8.91. The minimum atomic E-state index is -0.905. The first-order chi connectivity index (χ1) is 8.47. The van der Waals surface area contributed by atoms with Gasteiger partial charge in [0.25, 0.3) is 0 Å². The average Bonchev–Trinajstić information content (AvgIpc) is 2.28. The highest BCUT2D eigenvalue weighted by atomic mass is 16.6. The summed E-state index contributed by atoms with van der Waals surface area (Å²) in [5, 5.41) is 0. The largest absolute Gasteiger partial charge is 0.465 e. The van der Waals surface area contributed by atoms with Crippen LogP contribution >= 0.6 is 0 Å². The fraction of sp³-hybridized carbons (Fsp3) is 0.846. The van der Waals surface area contributed by atoms with Crippen molar-refractivity contribution in [1.29, 1.82) is 0 Å². The first kappa shape index (κ1) is 16.9. The van der Waals surface area contributed by atoms with Gasteiger partial charge in [0.1, 0.15) is 0 Å². The Balaban J connectivity index is 4.91. The first-order valence-electron chi connectivity index (χ1n) is 6.51. The molecule has 0 saturated heterocycles. The molecule has 0 aliphatic carbocycles. The van der Waals surface area contributed by atoms with E-state index in [1.807, 2.05) is 13.8 Å². The molecule has 0 heterocycles. The van der Waals surface area contributed by atoms with Gasteiger partial charge in [0.05, 0.1) is 13.2 Å². The molecule has 0 aliphatic rings. The molecule has 0 rings (SSSR count). The van der Waals surface area contributed by atoms with Gasteiger partial charge in [-0.2, -0.15) is 0 Å². The lowest BCUT2D eigenvalue weighted by Gasteiger charge is -2.24. The summed E-state index contributed by atoms with van der Waals surface area (Å²) in [5.74, 6) is -1.86. The molecule has 0 aromatic heterocycles. The molecule has 0 amide bonds. The third-order valence-electron chi connectivity index (χ3n) is 2.63. The first-order valence-corrected chi connectivity index (χ1v) is 6.51. The lowest BCUT2D eigenvalue weighted by molar-refractivity contribution is -0.164. The van der Waals surface area contributed by atoms with Gasteiger partial charge in [-0.25, -0.2) is 0 Å². The van der Waals surface area contributed by atoms with E-state index < -0.39 is 17.9 Å². The molecule has 1 atom stereocenters. The molecule has 0 saturated carbocycles. The number of esters is 2. The molecule has 0 aliphatic heterocycles. The topological polar surface area (TPSA) is 78.6 Å². The molecule has 106 valence electrons. The number of carbonyl (C=O) groups excluding carboxylic acids is 2. The molecule has 0 aromatic rings. The zero-order valence-electron chi connectivity index (χ0n) is 11.8. The minimum absolute atomic E-state index is 0.233. The Morgan fingerprint density at radius 1 is 1.06 bits per heavy atom. The number of ether oxygens (including phenoxy) is 2. The third-order valence-corrected chi connectivity index (χ3v) is 2.63. The Morgan fingerprint density at radius 2 is 1.50 bits per heavy atom. The molecular formula is C13H25NO4. The Hall–Kier alpha value is -1.10. The summed E-state index contributed by atoms with van der Waals surface area (Å²) in [4.78, 5) is 23.7. The van der Waals surface area contributed by atoms with Crippen molar-refractivity contribution in [2.45, 2.75) is 34.1 Å². The Morgan fingerprint density at radius 3 is 1.78 bits per heavy atom. The summed E-state index contributed by atoms with van der Waals surface area (Å²) in [6, 6.07) is 0. The molecule has 5 heteroatoms. The van der Waals surface area contributed by atoms with Gasteiger partial charge in [-0.3, -0.25) is 9.59 Å². The van der Waals surface area contributed by atoms with E-state index >= 15 is 0 Å². The van der Waals surface area contributed by atoms with Gasteiger partial charge < -0.3 is 15.2 Å². The highest BCUT2D eigenvalue weighted by molar-refractivity contribution is 5.95. The van der Waals surface area contributed by atoms with Crippen LogP contribution in [0.15, 0.2) is 0 Å². The maximum absolute atomic E-state index is 11.9. The number of hydrogen-bond donors (Lipinski definition) is 1. The number of carbonyl (C=O) groups is 2. The van der Waals surface area contributed by atoms with Crippen molar-refractivity contribution >= 4 is 11.9 Å². The van der Waals surface area contributed by atoms with E-state index in [1.54, 1.807) is 13.8 Å². The summed E-state index contributed by atoms with van der Waals surface area (Å²) < 4.78 is 9.88. The van der Waals surface area contributed by atoms with E-state index in [0.29, 0.717) is 12.3 Å². The summed E-state index contributed by atoms with van der Waals surface area (Å²) in [6.07, 6.45) is 0.693. The van der Waals surface area contributed by atoms with E-state index in [1.165, 1.54) is 0 Å². The van der Waals surface area contributed by atoms with Crippen LogP contribution < -0.4 is 5.73 Å². The zero-order valence-corrected chi connectivity index (χ0v) is 11.8. The quantitative estimate of drug-likeness (QED) is 0.526. The lowest BCUT2D eigenvalue weighted by Crippen LogP contribution is -2.38. The van der Waals surface area contributed by atoms with Crippen LogP contribution in [0.3, 0.4) is 0 Å². The van der Waals surface area contributed by atoms with Gasteiger partial charge in [0.2, 0.25) is 0 Å². The summed E-state index contributed by atoms with van der Waals surface area (Å²) >= 11 is 0. The van der Waals surface area contributed by atoms with Crippen molar-refractivity contribution in [1.82, 2.24) is 0 Å². The van der Waals surface area contributed by atoms with E-state index in [0.717, 1.165) is 0 Å². The van der Waals surface area contributed by atoms with Crippen LogP contribution in [0.2, 0.25) is 0 Å². The molecule has 0 bridgehead atoms. The van der Waals surface area contributed by atoms with Crippen LogP contribution in [0.5, 0.6) is 0 Å². The molecule has 0 spiro atoms. The van der Waals surface area contributed by atoms with Crippen molar-refractivity contribution in [2.75, 3.05) is 19.8 Å². The second-order valence-electron chi connectivity index (χ2n) is 4.61. The summed E-state index contributed by atoms with van der Waals surface area (Å²) in [7, 11) is 0. The molecular weight excluding hydrogens is 234 g/mol. The van der Waals surface area contributed by atoms with Gasteiger partial charge in [0, 0.05) is 0 Å². The standard InChI is InChI=1S/C13H25NO4/c1-5-17-12(15)11(13(16)18-6-2)10(8-14)7-9(3)4/h9-11H,5-8,14H2,1-4H3/t10-/m0/s1. The van der Waals surface area contributed by atoms with Gasteiger partial charge in [0.15, 0.2) is 5.92 Å². The number of nitrogens with two attached hydrogens (primary N) is 1. The fourth-order valence-corrected chi connectivity index (χ4v) is 1.92. The van der Waals surface area contributed by atoms with Crippen molar-refractivity contribution in [3.8, 4) is 0 Å². The summed E-state index contributed by atoms with van der Waals surface area (Å²) in [5.41, 5.74) is 5.67. The normalized spacial score (nSPS) is 12.6. The maximum atomic E-state index is 11.9. The molecule has 0 fully saturated rings. The van der Waals surface area contributed by atoms with Crippen molar-refractivity contribution in [3.05, 3.63) is 0 Å². The van der Waals surface area contributed by atoms with Crippen LogP contribution in [0.1, 0.15) is 34.1 Å². The van der Waals surface area contributed by atoms with Crippen LogP contribution in [0, 0.1) is 17.8 Å². The Labute approximate surface area is 109 Å². The highest BCUT2D eigenvalue weighted by Crippen LogP contribution is 2.22. The Kier molecular flexibility index (Phi) is 8.37. The predicted octanol–water partition coefficient (Wildman–Crippen LogP) is 1.35. The minimum Gasteiger partial charge on any atom is -0.465 e.